The molecule has 0 unspecified atom stereocenters. The molecule has 0 aliphatic rings. The van der Waals surface area contributed by atoms with Crippen molar-refractivity contribution in [2.24, 2.45) is 0 Å². The highest BCUT2D eigenvalue weighted by Gasteiger charge is 2.16. The molecule has 0 aliphatic carbocycles. The lowest BCUT2D eigenvalue weighted by molar-refractivity contribution is 0.0952. The van der Waals surface area contributed by atoms with Gasteiger partial charge in [0.15, 0.2) is 10.9 Å². The number of ether oxygens (including phenoxy) is 2. The molecule has 3 rings (SSSR count). The van der Waals surface area contributed by atoms with Crippen LogP contribution in [0.5, 0.6) is 5.75 Å². The first-order chi connectivity index (χ1) is 16.5. The van der Waals surface area contributed by atoms with E-state index in [1.165, 1.54) is 16.3 Å². The monoisotopic (exact) mass is 483 g/mol. The van der Waals surface area contributed by atoms with Crippen LogP contribution in [-0.4, -0.2) is 53.9 Å². The van der Waals surface area contributed by atoms with Crippen LogP contribution in [0.3, 0.4) is 0 Å². The van der Waals surface area contributed by atoms with E-state index in [4.69, 9.17) is 9.47 Å². The molecule has 0 spiro atoms. The summed E-state index contributed by atoms with van der Waals surface area (Å²) in [5.41, 5.74) is 1.17. The van der Waals surface area contributed by atoms with Crippen molar-refractivity contribution in [2.45, 2.75) is 32.0 Å². The van der Waals surface area contributed by atoms with Gasteiger partial charge in [-0.15, -0.1) is 0 Å². The van der Waals surface area contributed by atoms with Gasteiger partial charge in [-0.05, 0) is 55.8 Å². The number of fused-ring (bicyclic) bond motifs is 1. The Hall–Kier alpha value is -3.17. The van der Waals surface area contributed by atoms with E-state index in [1.54, 1.807) is 49.6 Å². The molecular weight excluding hydrogens is 454 g/mol. The number of nitrogens with one attached hydrogen (secondary N) is 1. The highest BCUT2D eigenvalue weighted by atomic mass is 32.2. The summed E-state index contributed by atoms with van der Waals surface area (Å²) < 4.78 is 12.1. The van der Waals surface area contributed by atoms with Crippen molar-refractivity contribution in [3.8, 4) is 5.75 Å². The number of hydrogen-bond donors (Lipinski definition) is 1. The number of methoxy groups -OCH3 is 1. The Morgan fingerprint density at radius 1 is 1.09 bits per heavy atom. The third kappa shape index (κ3) is 6.24. The van der Waals surface area contributed by atoms with Gasteiger partial charge in [-0.2, -0.15) is 0 Å². The molecule has 9 heteroatoms. The summed E-state index contributed by atoms with van der Waals surface area (Å²) in [5, 5.41) is 3.64. The minimum Gasteiger partial charge on any atom is -0.494 e. The number of rotatable bonds is 12. The number of amides is 1. The summed E-state index contributed by atoms with van der Waals surface area (Å²) in [6, 6.07) is 11.8. The molecule has 0 fully saturated rings. The summed E-state index contributed by atoms with van der Waals surface area (Å²) in [4.78, 5) is 42.9. The van der Waals surface area contributed by atoms with Crippen LogP contribution in [0.1, 0.15) is 41.0 Å². The predicted octanol–water partition coefficient (Wildman–Crippen LogP) is 3.56. The molecular formula is C25H29N3O5S. The Balaban J connectivity index is 1.89. The van der Waals surface area contributed by atoms with E-state index in [-0.39, 0.29) is 23.0 Å². The normalized spacial score (nSPS) is 10.9. The lowest BCUT2D eigenvalue weighted by atomic mass is 10.1. The molecule has 1 amide bonds. The maximum Gasteiger partial charge on any atom is 0.262 e. The van der Waals surface area contributed by atoms with Gasteiger partial charge in [-0.3, -0.25) is 19.0 Å². The molecule has 3 aromatic rings. The van der Waals surface area contributed by atoms with E-state index >= 15 is 0 Å². The second-order valence-electron chi connectivity index (χ2n) is 7.50. The molecule has 0 aliphatic heterocycles. The molecule has 180 valence electrons. The van der Waals surface area contributed by atoms with E-state index in [0.29, 0.717) is 59.2 Å². The average Bonchev–Trinajstić information content (AvgIpc) is 2.85. The van der Waals surface area contributed by atoms with Crippen LogP contribution in [0.15, 0.2) is 52.4 Å². The number of thioether (sulfide) groups is 1. The minimum atomic E-state index is -0.237. The number of Topliss-reactive ketones (excluding diaryl/α,β-unsaturated/α-hetero) is 1. The Labute approximate surface area is 202 Å². The van der Waals surface area contributed by atoms with Crippen LogP contribution >= 0.6 is 11.8 Å². The number of nitrogens with zero attached hydrogens (tertiary/aromatic N) is 2. The number of benzene rings is 2. The van der Waals surface area contributed by atoms with Crippen molar-refractivity contribution >= 4 is 34.4 Å². The first-order valence-corrected chi connectivity index (χ1v) is 12.2. The van der Waals surface area contributed by atoms with Gasteiger partial charge in [-0.25, -0.2) is 4.98 Å². The fraction of sp³-hybridized carbons (Fsp3) is 0.360. The van der Waals surface area contributed by atoms with Crippen molar-refractivity contribution in [3.05, 3.63) is 63.9 Å². The Kier molecular flexibility index (Phi) is 9.24. The zero-order valence-electron chi connectivity index (χ0n) is 19.6. The highest BCUT2D eigenvalue weighted by Crippen LogP contribution is 2.21. The van der Waals surface area contributed by atoms with Crippen LogP contribution in [0, 0.1) is 0 Å². The zero-order valence-corrected chi connectivity index (χ0v) is 20.4. The van der Waals surface area contributed by atoms with Gasteiger partial charge in [0.25, 0.3) is 11.5 Å². The number of ketones is 1. The maximum absolute atomic E-state index is 13.2. The van der Waals surface area contributed by atoms with Gasteiger partial charge in [0, 0.05) is 24.8 Å². The second-order valence-corrected chi connectivity index (χ2v) is 8.44. The summed E-state index contributed by atoms with van der Waals surface area (Å²) in [7, 11) is 1.56. The molecule has 0 atom stereocenters. The standard InChI is InChI=1S/C25H29N3O5S/c1-4-12-26-23(30)18-8-11-20-21(15-18)27-25(28(24(20)31)13-14-32-3)34-16-22(29)17-6-9-19(10-7-17)33-5-2/h6-11,15H,4-5,12-14,16H2,1-3H3,(H,26,30). The first-order valence-electron chi connectivity index (χ1n) is 11.2. The van der Waals surface area contributed by atoms with Gasteiger partial charge >= 0.3 is 0 Å². The van der Waals surface area contributed by atoms with E-state index in [9.17, 15) is 14.4 Å². The van der Waals surface area contributed by atoms with Crippen LogP contribution in [-0.2, 0) is 11.3 Å². The lowest BCUT2D eigenvalue weighted by Gasteiger charge is -2.13. The SMILES string of the molecule is CCCNC(=O)c1ccc2c(=O)n(CCOC)c(SCC(=O)c3ccc(OCC)cc3)nc2c1. The molecule has 0 radical (unpaired) electrons. The third-order valence-corrected chi connectivity index (χ3v) is 6.03. The topological polar surface area (TPSA) is 99.5 Å². The van der Waals surface area contributed by atoms with Crippen molar-refractivity contribution in [1.29, 1.82) is 0 Å². The van der Waals surface area contributed by atoms with Crippen molar-refractivity contribution in [2.75, 3.05) is 32.6 Å². The maximum atomic E-state index is 13.2. The van der Waals surface area contributed by atoms with E-state index < -0.39 is 0 Å². The number of carbonyl (C=O) groups is 2. The minimum absolute atomic E-state index is 0.0895. The largest absolute Gasteiger partial charge is 0.494 e. The third-order valence-electron chi connectivity index (χ3n) is 5.06. The summed E-state index contributed by atoms with van der Waals surface area (Å²) in [5.74, 6) is 0.507. The highest BCUT2D eigenvalue weighted by molar-refractivity contribution is 7.99. The summed E-state index contributed by atoms with van der Waals surface area (Å²) in [6.07, 6.45) is 0.824. The van der Waals surface area contributed by atoms with Gasteiger partial charge in [0.2, 0.25) is 0 Å². The molecule has 0 bridgehead atoms. The number of hydrogen-bond acceptors (Lipinski definition) is 7. The van der Waals surface area contributed by atoms with Crippen LogP contribution < -0.4 is 15.6 Å². The van der Waals surface area contributed by atoms with Crippen molar-refractivity contribution in [3.63, 3.8) is 0 Å². The molecule has 2 aromatic carbocycles. The molecule has 1 aromatic heterocycles. The Morgan fingerprint density at radius 2 is 1.82 bits per heavy atom. The number of carbonyl (C=O) groups excluding carboxylic acids is 2. The molecule has 0 saturated heterocycles. The Bertz CT molecular complexity index is 1210. The van der Waals surface area contributed by atoms with Crippen molar-refractivity contribution in [1.82, 2.24) is 14.9 Å². The van der Waals surface area contributed by atoms with Crippen LogP contribution in [0.25, 0.3) is 10.9 Å². The average molecular weight is 484 g/mol. The predicted molar refractivity (Wildman–Crippen MR) is 133 cm³/mol. The van der Waals surface area contributed by atoms with Gasteiger partial charge in [0.05, 0.1) is 36.4 Å². The molecule has 0 saturated carbocycles. The van der Waals surface area contributed by atoms with E-state index in [2.05, 4.69) is 10.3 Å². The van der Waals surface area contributed by atoms with Gasteiger partial charge < -0.3 is 14.8 Å². The summed E-state index contributed by atoms with van der Waals surface area (Å²) in [6.45, 7) is 5.62. The fourth-order valence-electron chi connectivity index (χ4n) is 3.29. The van der Waals surface area contributed by atoms with Crippen molar-refractivity contribution < 1.29 is 19.1 Å². The van der Waals surface area contributed by atoms with Gasteiger partial charge in [-0.1, -0.05) is 18.7 Å². The smallest absolute Gasteiger partial charge is 0.262 e. The van der Waals surface area contributed by atoms with Crippen LogP contribution in [0.4, 0.5) is 0 Å². The first kappa shape index (κ1) is 25.5. The Morgan fingerprint density at radius 3 is 2.50 bits per heavy atom. The fourth-order valence-corrected chi connectivity index (χ4v) is 4.21. The number of aromatic nitrogens is 2. The lowest BCUT2D eigenvalue weighted by Crippen LogP contribution is -2.26. The molecule has 34 heavy (non-hydrogen) atoms. The quantitative estimate of drug-likeness (QED) is 0.239. The zero-order chi connectivity index (χ0) is 24.5. The van der Waals surface area contributed by atoms with Gasteiger partial charge in [0.1, 0.15) is 5.75 Å². The van der Waals surface area contributed by atoms with E-state index in [0.717, 1.165) is 6.42 Å². The van der Waals surface area contributed by atoms with E-state index in [1.807, 2.05) is 13.8 Å². The molecule has 1 heterocycles. The molecule has 1 N–H and O–H groups in total. The second kappa shape index (κ2) is 12.3. The van der Waals surface area contributed by atoms with Crippen LogP contribution in [0.2, 0.25) is 0 Å². The summed E-state index contributed by atoms with van der Waals surface area (Å²) >= 11 is 1.19. The molecule has 8 nitrogen and oxygen atoms in total.